The molecule has 0 bridgehead atoms. The van der Waals surface area contributed by atoms with E-state index in [4.69, 9.17) is 5.73 Å². The molecule has 0 fully saturated rings. The van der Waals surface area contributed by atoms with Crippen LogP contribution in [-0.4, -0.2) is 15.5 Å². The van der Waals surface area contributed by atoms with E-state index in [2.05, 4.69) is 10.8 Å². The normalized spacial score (nSPS) is 11.5. The van der Waals surface area contributed by atoms with Gasteiger partial charge in [0.15, 0.2) is 0 Å². The van der Waals surface area contributed by atoms with E-state index in [0.717, 1.165) is 10.6 Å². The van der Waals surface area contributed by atoms with Gasteiger partial charge >= 0.3 is 0 Å². The summed E-state index contributed by atoms with van der Waals surface area (Å²) in [6, 6.07) is 13.0. The quantitative estimate of drug-likeness (QED) is 0.656. The predicted molar refractivity (Wildman–Crippen MR) is 87.8 cm³/mol. The van der Waals surface area contributed by atoms with Crippen molar-refractivity contribution in [3.63, 3.8) is 0 Å². The molecule has 4 nitrogen and oxygen atoms in total. The van der Waals surface area contributed by atoms with E-state index >= 15 is 0 Å². The Kier molecular flexibility index (Phi) is 4.92. The Morgan fingerprint density at radius 2 is 1.95 bits per heavy atom. The molecule has 21 heavy (non-hydrogen) atoms. The van der Waals surface area contributed by atoms with E-state index in [1.165, 1.54) is 36.0 Å². The molecule has 0 aliphatic heterocycles. The summed E-state index contributed by atoms with van der Waals surface area (Å²) in [6.07, 6.45) is 0. The second-order valence-corrected chi connectivity index (χ2v) is 7.59. The number of hydrogen-bond acceptors (Lipinski definition) is 4. The maximum Gasteiger partial charge on any atom is 0.240 e. The summed E-state index contributed by atoms with van der Waals surface area (Å²) in [5, 5.41) is 0. The Morgan fingerprint density at radius 3 is 2.62 bits per heavy atom. The summed E-state index contributed by atoms with van der Waals surface area (Å²) < 4.78 is 26.0. The SMILES string of the molecule is CNS(=O)(=O)c1ccc(N)c(SCc2cccc(C)c2)c1. The average Bonchev–Trinajstić information content (AvgIpc) is 2.46. The number of hydrogen-bond donors (Lipinski definition) is 2. The van der Waals surface area contributed by atoms with Gasteiger partial charge in [-0.15, -0.1) is 11.8 Å². The van der Waals surface area contributed by atoms with Gasteiger partial charge in [-0.05, 0) is 37.7 Å². The highest BCUT2D eigenvalue weighted by Gasteiger charge is 2.13. The summed E-state index contributed by atoms with van der Waals surface area (Å²) in [5.41, 5.74) is 8.90. The zero-order valence-corrected chi connectivity index (χ0v) is 13.6. The molecule has 2 aromatic rings. The molecule has 0 aliphatic rings. The van der Waals surface area contributed by atoms with Crippen LogP contribution in [0.4, 0.5) is 5.69 Å². The number of thioether (sulfide) groups is 1. The molecular formula is C15H18N2O2S2. The minimum absolute atomic E-state index is 0.228. The van der Waals surface area contributed by atoms with Crippen molar-refractivity contribution >= 4 is 27.5 Å². The van der Waals surface area contributed by atoms with Crippen molar-refractivity contribution < 1.29 is 8.42 Å². The smallest absolute Gasteiger partial charge is 0.240 e. The highest BCUT2D eigenvalue weighted by molar-refractivity contribution is 7.98. The van der Waals surface area contributed by atoms with Gasteiger partial charge in [0.05, 0.1) is 4.90 Å². The summed E-state index contributed by atoms with van der Waals surface area (Å²) >= 11 is 1.53. The number of aryl methyl sites for hydroxylation is 1. The molecule has 0 amide bonds. The zero-order valence-electron chi connectivity index (χ0n) is 12.0. The van der Waals surface area contributed by atoms with Gasteiger partial charge in [-0.1, -0.05) is 29.8 Å². The number of rotatable bonds is 5. The number of anilines is 1. The minimum atomic E-state index is -3.45. The molecule has 0 radical (unpaired) electrons. The van der Waals surface area contributed by atoms with E-state index in [0.29, 0.717) is 5.69 Å². The van der Waals surface area contributed by atoms with Gasteiger partial charge in [0.25, 0.3) is 0 Å². The monoisotopic (exact) mass is 322 g/mol. The Balaban J connectivity index is 2.22. The fraction of sp³-hybridized carbons (Fsp3) is 0.200. The molecule has 3 N–H and O–H groups in total. The van der Waals surface area contributed by atoms with Gasteiger partial charge in [0.1, 0.15) is 0 Å². The topological polar surface area (TPSA) is 72.2 Å². The fourth-order valence-electron chi connectivity index (χ4n) is 1.89. The molecule has 0 aromatic heterocycles. The van der Waals surface area contributed by atoms with Crippen LogP contribution >= 0.6 is 11.8 Å². The predicted octanol–water partition coefficient (Wildman–Crippen LogP) is 2.78. The molecular weight excluding hydrogens is 304 g/mol. The van der Waals surface area contributed by atoms with Crippen LogP contribution in [0.3, 0.4) is 0 Å². The van der Waals surface area contributed by atoms with Gasteiger partial charge < -0.3 is 5.73 Å². The van der Waals surface area contributed by atoms with E-state index in [1.54, 1.807) is 12.1 Å². The van der Waals surface area contributed by atoms with Gasteiger partial charge in [0, 0.05) is 16.3 Å². The number of sulfonamides is 1. The van der Waals surface area contributed by atoms with Crippen LogP contribution in [0.25, 0.3) is 0 Å². The Bertz CT molecular complexity index is 743. The summed E-state index contributed by atoms with van der Waals surface area (Å²) in [7, 11) is -2.05. The second-order valence-electron chi connectivity index (χ2n) is 4.68. The summed E-state index contributed by atoms with van der Waals surface area (Å²) in [4.78, 5) is 0.999. The molecule has 0 aliphatic carbocycles. The third-order valence-electron chi connectivity index (χ3n) is 3.04. The van der Waals surface area contributed by atoms with Crippen molar-refractivity contribution in [2.75, 3.05) is 12.8 Å². The van der Waals surface area contributed by atoms with Crippen molar-refractivity contribution in [2.24, 2.45) is 0 Å². The Labute approximate surface area is 129 Å². The molecule has 0 atom stereocenters. The molecule has 112 valence electrons. The average molecular weight is 322 g/mol. The number of benzene rings is 2. The van der Waals surface area contributed by atoms with Crippen LogP contribution in [0.1, 0.15) is 11.1 Å². The van der Waals surface area contributed by atoms with Crippen molar-refractivity contribution in [2.45, 2.75) is 22.5 Å². The number of nitrogen functional groups attached to an aromatic ring is 1. The minimum Gasteiger partial charge on any atom is -0.398 e. The third kappa shape index (κ3) is 4.00. The van der Waals surface area contributed by atoms with E-state index in [1.807, 2.05) is 25.1 Å². The standard InChI is InChI=1S/C15H18N2O2S2/c1-11-4-3-5-12(8-11)10-20-15-9-13(6-7-14(15)16)21(18,19)17-2/h3-9,17H,10,16H2,1-2H3. The first kappa shape index (κ1) is 15.9. The van der Waals surface area contributed by atoms with Crippen LogP contribution in [0.15, 0.2) is 52.3 Å². The molecule has 0 unspecified atom stereocenters. The van der Waals surface area contributed by atoms with Crippen molar-refractivity contribution in [1.82, 2.24) is 4.72 Å². The highest BCUT2D eigenvalue weighted by atomic mass is 32.2. The third-order valence-corrected chi connectivity index (χ3v) is 5.60. The lowest BCUT2D eigenvalue weighted by Crippen LogP contribution is -2.18. The molecule has 0 spiro atoms. The highest BCUT2D eigenvalue weighted by Crippen LogP contribution is 2.30. The number of nitrogens with two attached hydrogens (primary N) is 1. The van der Waals surface area contributed by atoms with Gasteiger partial charge in [-0.3, -0.25) is 0 Å². The summed E-state index contributed by atoms with van der Waals surface area (Å²) in [5.74, 6) is 0.745. The first-order valence-electron chi connectivity index (χ1n) is 6.44. The van der Waals surface area contributed by atoms with E-state index < -0.39 is 10.0 Å². The van der Waals surface area contributed by atoms with E-state index in [-0.39, 0.29) is 4.90 Å². The molecule has 2 aromatic carbocycles. The lowest BCUT2D eigenvalue weighted by Gasteiger charge is -2.09. The van der Waals surface area contributed by atoms with Crippen molar-refractivity contribution in [3.8, 4) is 0 Å². The van der Waals surface area contributed by atoms with Gasteiger partial charge in [0.2, 0.25) is 10.0 Å². The fourth-order valence-corrected chi connectivity index (χ4v) is 3.66. The maximum atomic E-state index is 11.8. The molecule has 0 saturated heterocycles. The van der Waals surface area contributed by atoms with E-state index in [9.17, 15) is 8.42 Å². The summed E-state index contributed by atoms with van der Waals surface area (Å²) in [6.45, 7) is 2.04. The lowest BCUT2D eigenvalue weighted by molar-refractivity contribution is 0.588. The number of nitrogens with one attached hydrogen (secondary N) is 1. The molecule has 0 saturated carbocycles. The van der Waals surface area contributed by atoms with Crippen LogP contribution in [-0.2, 0) is 15.8 Å². The first-order chi connectivity index (χ1) is 9.92. The first-order valence-corrected chi connectivity index (χ1v) is 8.90. The second kappa shape index (κ2) is 6.51. The van der Waals surface area contributed by atoms with Crippen molar-refractivity contribution in [3.05, 3.63) is 53.6 Å². The van der Waals surface area contributed by atoms with Gasteiger partial charge in [-0.2, -0.15) is 0 Å². The largest absolute Gasteiger partial charge is 0.398 e. The Morgan fingerprint density at radius 1 is 1.19 bits per heavy atom. The Hall–Kier alpha value is -1.50. The van der Waals surface area contributed by atoms with Crippen molar-refractivity contribution in [1.29, 1.82) is 0 Å². The van der Waals surface area contributed by atoms with Crippen LogP contribution in [0, 0.1) is 6.92 Å². The van der Waals surface area contributed by atoms with Crippen LogP contribution in [0.5, 0.6) is 0 Å². The van der Waals surface area contributed by atoms with Crippen LogP contribution < -0.4 is 10.5 Å². The maximum absolute atomic E-state index is 11.8. The van der Waals surface area contributed by atoms with Crippen LogP contribution in [0.2, 0.25) is 0 Å². The molecule has 2 rings (SSSR count). The van der Waals surface area contributed by atoms with Gasteiger partial charge in [-0.25, -0.2) is 13.1 Å². The molecule has 6 heteroatoms. The molecule has 0 heterocycles. The zero-order chi connectivity index (χ0) is 15.5. The lowest BCUT2D eigenvalue weighted by atomic mass is 10.2.